The summed E-state index contributed by atoms with van der Waals surface area (Å²) in [6.45, 7) is -2.51. The topological polar surface area (TPSA) is 38.9 Å². The van der Waals surface area contributed by atoms with Crippen LogP contribution in [0.5, 0.6) is 0 Å². The highest BCUT2D eigenvalue weighted by atomic mass is 79.9. The molecule has 1 aromatic rings. The lowest BCUT2D eigenvalue weighted by molar-refractivity contribution is 1.23. The Morgan fingerprint density at radius 3 is 3.44 bits per heavy atom. The Kier molecular flexibility index (Phi) is 0.674. The molecule has 1 aromatic heterocycles. The zero-order valence-electron chi connectivity index (χ0n) is 9.40. The van der Waals surface area contributed by atoms with Crippen molar-refractivity contribution in [1.82, 2.24) is 4.98 Å². The van der Waals surface area contributed by atoms with Crippen molar-refractivity contribution in [3.05, 3.63) is 22.4 Å². The van der Waals surface area contributed by atoms with Gasteiger partial charge >= 0.3 is 0 Å². The molecule has 0 saturated heterocycles. The lowest BCUT2D eigenvalue weighted by Crippen LogP contribution is -1.89. The standard InChI is InChI=1S/C6H7BrN2/c1-4-3-9-6(7)2-5(4)8/h2-3H,1H3,(H2,8,9)/i1D3,2D,3D. The quantitative estimate of drug-likeness (QED) is 0.635. The first-order valence-corrected chi connectivity index (χ1v) is 2.97. The minimum absolute atomic E-state index is 0.0769. The van der Waals surface area contributed by atoms with Crippen LogP contribution in [0.3, 0.4) is 0 Å². The van der Waals surface area contributed by atoms with Crippen LogP contribution >= 0.6 is 15.9 Å². The summed E-state index contributed by atoms with van der Waals surface area (Å²) >= 11 is 2.92. The van der Waals surface area contributed by atoms with Gasteiger partial charge in [0.25, 0.3) is 0 Å². The predicted octanol–water partition coefficient (Wildman–Crippen LogP) is 1.73. The van der Waals surface area contributed by atoms with Gasteiger partial charge in [0, 0.05) is 16.0 Å². The summed E-state index contributed by atoms with van der Waals surface area (Å²) in [6, 6.07) is -0.202. The van der Waals surface area contributed by atoms with Crippen LogP contribution < -0.4 is 5.73 Å². The van der Waals surface area contributed by atoms with E-state index in [1.807, 2.05) is 0 Å². The summed E-state index contributed by atoms with van der Waals surface area (Å²) in [7, 11) is 0. The molecule has 0 aromatic carbocycles. The first-order chi connectivity index (χ1) is 6.25. The Bertz CT molecular complexity index is 375. The number of rotatable bonds is 0. The van der Waals surface area contributed by atoms with Gasteiger partial charge in [-0.1, -0.05) is 0 Å². The van der Waals surface area contributed by atoms with Crippen molar-refractivity contribution >= 4 is 21.6 Å². The molecule has 0 saturated carbocycles. The van der Waals surface area contributed by atoms with Gasteiger partial charge in [-0.25, -0.2) is 4.98 Å². The van der Waals surface area contributed by atoms with Crippen LogP contribution in [0.25, 0.3) is 0 Å². The largest absolute Gasteiger partial charge is 0.398 e. The number of nitrogen functional groups attached to an aromatic ring is 1. The molecule has 9 heavy (non-hydrogen) atoms. The van der Waals surface area contributed by atoms with Crippen LogP contribution in [0, 0.1) is 6.85 Å². The van der Waals surface area contributed by atoms with Crippen LogP contribution in [0.2, 0.25) is 0 Å². The smallest absolute Gasteiger partial charge is 0.108 e. The van der Waals surface area contributed by atoms with E-state index in [2.05, 4.69) is 20.9 Å². The first kappa shape index (κ1) is 2.58. The van der Waals surface area contributed by atoms with Gasteiger partial charge < -0.3 is 5.73 Å². The molecule has 2 nitrogen and oxygen atoms in total. The number of nitrogens with two attached hydrogens (primary N) is 1. The zero-order chi connectivity index (χ0) is 11.1. The highest BCUT2D eigenvalue weighted by Crippen LogP contribution is 2.13. The van der Waals surface area contributed by atoms with Crippen molar-refractivity contribution < 1.29 is 6.85 Å². The number of pyridine rings is 1. The van der Waals surface area contributed by atoms with Gasteiger partial charge in [-0.2, -0.15) is 0 Å². The van der Waals surface area contributed by atoms with E-state index in [1.165, 1.54) is 0 Å². The van der Waals surface area contributed by atoms with Gasteiger partial charge in [0.05, 0.1) is 2.74 Å². The molecular weight excluding hydrogens is 180 g/mol. The van der Waals surface area contributed by atoms with Crippen molar-refractivity contribution in [1.29, 1.82) is 0 Å². The second kappa shape index (κ2) is 2.35. The van der Waals surface area contributed by atoms with E-state index in [1.54, 1.807) is 0 Å². The van der Waals surface area contributed by atoms with Gasteiger partial charge in [-0.3, -0.25) is 0 Å². The van der Waals surface area contributed by atoms with Crippen molar-refractivity contribution in [2.75, 3.05) is 5.73 Å². The SMILES string of the molecule is [2H]c1nc(Br)c([2H])c(N)c1C([2H])([2H])[2H]. The van der Waals surface area contributed by atoms with E-state index in [9.17, 15) is 0 Å². The third-order valence-electron chi connectivity index (χ3n) is 0.773. The van der Waals surface area contributed by atoms with Crippen molar-refractivity contribution in [2.45, 2.75) is 6.85 Å². The molecule has 2 N–H and O–H groups in total. The first-order valence-electron chi connectivity index (χ1n) is 4.67. The highest BCUT2D eigenvalue weighted by molar-refractivity contribution is 9.10. The average Bonchev–Trinajstić information content (AvgIpc) is 1.97. The maximum atomic E-state index is 7.39. The van der Waals surface area contributed by atoms with E-state index in [0.717, 1.165) is 0 Å². The van der Waals surface area contributed by atoms with Crippen molar-refractivity contribution in [3.63, 3.8) is 0 Å². The molecule has 3 heteroatoms. The number of anilines is 1. The summed E-state index contributed by atoms with van der Waals surface area (Å²) in [4.78, 5) is 3.56. The third-order valence-corrected chi connectivity index (χ3v) is 1.15. The second-order valence-corrected chi connectivity index (χ2v) is 2.18. The summed E-state index contributed by atoms with van der Waals surface area (Å²) in [5.41, 5.74) is 4.84. The Labute approximate surface area is 69.2 Å². The van der Waals surface area contributed by atoms with Crippen LogP contribution in [-0.4, -0.2) is 4.98 Å². The summed E-state index contributed by atoms with van der Waals surface area (Å²) in [6.07, 6.45) is -0.426. The fourth-order valence-corrected chi connectivity index (χ4v) is 0.669. The number of aromatic nitrogens is 1. The van der Waals surface area contributed by atoms with Crippen LogP contribution in [0.4, 0.5) is 5.69 Å². The Morgan fingerprint density at radius 2 is 2.78 bits per heavy atom. The van der Waals surface area contributed by atoms with E-state index < -0.39 is 13.0 Å². The van der Waals surface area contributed by atoms with Gasteiger partial charge in [0.15, 0.2) is 0 Å². The van der Waals surface area contributed by atoms with Gasteiger partial charge in [0.1, 0.15) is 4.60 Å². The van der Waals surface area contributed by atoms with Gasteiger partial charge in [-0.05, 0) is 34.4 Å². The molecule has 48 valence electrons. The molecule has 0 aliphatic rings. The maximum absolute atomic E-state index is 7.39. The number of halogens is 1. The van der Waals surface area contributed by atoms with E-state index >= 15 is 0 Å². The fraction of sp³-hybridized carbons (Fsp3) is 0.167. The Balaban J connectivity index is 3.53. The Morgan fingerprint density at radius 1 is 2.00 bits per heavy atom. The predicted molar refractivity (Wildman–Crippen MR) is 41.1 cm³/mol. The summed E-state index contributed by atoms with van der Waals surface area (Å²) in [5.74, 6) is 0. The number of nitrogens with zero attached hydrogens (tertiary/aromatic N) is 1. The van der Waals surface area contributed by atoms with Crippen molar-refractivity contribution in [2.24, 2.45) is 0 Å². The van der Waals surface area contributed by atoms with Gasteiger partial charge in [-0.15, -0.1) is 0 Å². The number of hydrogen-bond donors (Lipinski definition) is 1. The van der Waals surface area contributed by atoms with Gasteiger partial charge in [0.2, 0.25) is 0 Å². The normalized spacial score (nSPS) is 19.0. The minimum Gasteiger partial charge on any atom is -0.398 e. The molecule has 1 heterocycles. The third kappa shape index (κ3) is 1.42. The molecule has 0 aliphatic heterocycles. The highest BCUT2D eigenvalue weighted by Gasteiger charge is 1.92. The molecule has 0 aliphatic carbocycles. The maximum Gasteiger partial charge on any atom is 0.108 e. The molecule has 0 fully saturated rings. The molecule has 0 atom stereocenters. The Hall–Kier alpha value is -0.570. The summed E-state index contributed by atoms with van der Waals surface area (Å²) < 4.78 is 36.2. The number of hydrogen-bond acceptors (Lipinski definition) is 2. The molecule has 0 bridgehead atoms. The van der Waals surface area contributed by atoms with E-state index in [0.29, 0.717) is 0 Å². The molecule has 0 radical (unpaired) electrons. The zero-order valence-corrected chi connectivity index (χ0v) is 5.99. The molecular formula is C6H7BrN2. The van der Waals surface area contributed by atoms with Crippen molar-refractivity contribution in [3.8, 4) is 0 Å². The molecule has 1 rings (SSSR count). The monoisotopic (exact) mass is 191 g/mol. The summed E-state index contributed by atoms with van der Waals surface area (Å²) in [5, 5.41) is 0. The van der Waals surface area contributed by atoms with E-state index in [-0.39, 0.29) is 21.9 Å². The lowest BCUT2D eigenvalue weighted by atomic mass is 10.3. The average molecular weight is 192 g/mol. The second-order valence-electron chi connectivity index (χ2n) is 1.43. The lowest BCUT2D eigenvalue weighted by Gasteiger charge is -1.96. The minimum atomic E-state index is -2.51. The molecule has 0 amide bonds. The van der Waals surface area contributed by atoms with Crippen LogP contribution in [-0.2, 0) is 0 Å². The molecule has 0 spiro atoms. The van der Waals surface area contributed by atoms with Crippen LogP contribution in [0.15, 0.2) is 16.8 Å². The fourth-order valence-electron chi connectivity index (χ4n) is 0.367. The van der Waals surface area contributed by atoms with Crippen LogP contribution in [0.1, 0.15) is 12.4 Å². The van der Waals surface area contributed by atoms with E-state index in [4.69, 9.17) is 12.6 Å². The molecule has 0 unspecified atom stereocenters.